The van der Waals surface area contributed by atoms with Gasteiger partial charge in [-0.15, -0.1) is 5.10 Å². The van der Waals surface area contributed by atoms with Crippen LogP contribution in [-0.2, 0) is 0 Å². The van der Waals surface area contributed by atoms with E-state index in [4.69, 9.17) is 11.6 Å². The van der Waals surface area contributed by atoms with Gasteiger partial charge in [0, 0.05) is 10.6 Å². The average molecular weight is 225 g/mol. The summed E-state index contributed by atoms with van der Waals surface area (Å²) in [6.07, 6.45) is 0.751. The highest BCUT2D eigenvalue weighted by atomic mass is 35.5. The van der Waals surface area contributed by atoms with E-state index in [0.717, 1.165) is 23.4 Å². The van der Waals surface area contributed by atoms with E-state index in [1.54, 1.807) is 12.1 Å². The number of hydrogen-bond acceptors (Lipinski definition) is 4. The SMILES string of the molecule is O=Cc1snnc1-c1cccc(Cl)c1. The van der Waals surface area contributed by atoms with Crippen molar-refractivity contribution in [2.24, 2.45) is 0 Å². The van der Waals surface area contributed by atoms with Crippen LogP contribution in [0.15, 0.2) is 24.3 Å². The number of nitrogens with zero attached hydrogens (tertiary/aromatic N) is 2. The second-order valence-electron chi connectivity index (χ2n) is 2.61. The quantitative estimate of drug-likeness (QED) is 0.737. The van der Waals surface area contributed by atoms with Crippen LogP contribution in [0.5, 0.6) is 0 Å². The summed E-state index contributed by atoms with van der Waals surface area (Å²) >= 11 is 6.90. The van der Waals surface area contributed by atoms with Crippen LogP contribution in [0.3, 0.4) is 0 Å². The van der Waals surface area contributed by atoms with E-state index in [1.165, 1.54) is 0 Å². The molecule has 1 heterocycles. The first-order chi connectivity index (χ1) is 6.81. The standard InChI is InChI=1S/C9H5ClN2OS/c10-7-3-1-2-6(4-7)9-8(5-13)14-12-11-9/h1-5H. The van der Waals surface area contributed by atoms with Gasteiger partial charge < -0.3 is 0 Å². The monoisotopic (exact) mass is 224 g/mol. The van der Waals surface area contributed by atoms with Gasteiger partial charge in [0.05, 0.1) is 0 Å². The summed E-state index contributed by atoms with van der Waals surface area (Å²) < 4.78 is 3.72. The highest BCUT2D eigenvalue weighted by molar-refractivity contribution is 7.07. The van der Waals surface area contributed by atoms with Gasteiger partial charge in [-0.25, -0.2) is 0 Å². The zero-order chi connectivity index (χ0) is 9.97. The van der Waals surface area contributed by atoms with Gasteiger partial charge in [-0.2, -0.15) is 0 Å². The molecule has 0 aliphatic carbocycles. The molecule has 5 heteroatoms. The van der Waals surface area contributed by atoms with Gasteiger partial charge in [0.25, 0.3) is 0 Å². The molecule has 1 aromatic heterocycles. The average Bonchev–Trinajstić information content (AvgIpc) is 2.65. The fourth-order valence-corrected chi connectivity index (χ4v) is 1.80. The molecule has 0 saturated heterocycles. The summed E-state index contributed by atoms with van der Waals surface area (Å²) in [5, 5.41) is 4.49. The lowest BCUT2D eigenvalue weighted by atomic mass is 10.1. The fourth-order valence-electron chi connectivity index (χ4n) is 1.11. The first-order valence-corrected chi connectivity index (χ1v) is 5.00. The van der Waals surface area contributed by atoms with Gasteiger partial charge in [0.15, 0.2) is 6.29 Å². The number of benzene rings is 1. The van der Waals surface area contributed by atoms with Crippen LogP contribution in [0.1, 0.15) is 9.67 Å². The van der Waals surface area contributed by atoms with Gasteiger partial charge in [0.1, 0.15) is 10.6 Å². The lowest BCUT2D eigenvalue weighted by molar-refractivity contribution is 0.112. The Morgan fingerprint density at radius 1 is 1.43 bits per heavy atom. The van der Waals surface area contributed by atoms with Crippen LogP contribution in [0, 0.1) is 0 Å². The van der Waals surface area contributed by atoms with E-state index < -0.39 is 0 Å². The Labute approximate surface area is 89.5 Å². The highest BCUT2D eigenvalue weighted by Crippen LogP contribution is 2.24. The molecule has 0 aliphatic heterocycles. The van der Waals surface area contributed by atoms with Gasteiger partial charge in [-0.05, 0) is 23.7 Å². The van der Waals surface area contributed by atoms with Crippen molar-refractivity contribution in [3.63, 3.8) is 0 Å². The van der Waals surface area contributed by atoms with Crippen molar-refractivity contribution in [1.82, 2.24) is 9.59 Å². The van der Waals surface area contributed by atoms with Crippen LogP contribution in [0.4, 0.5) is 0 Å². The number of rotatable bonds is 2. The van der Waals surface area contributed by atoms with Crippen molar-refractivity contribution in [3.05, 3.63) is 34.2 Å². The Morgan fingerprint density at radius 3 is 3.00 bits per heavy atom. The Morgan fingerprint density at radius 2 is 2.29 bits per heavy atom. The maximum atomic E-state index is 10.6. The molecule has 1 aromatic carbocycles. The maximum Gasteiger partial charge on any atom is 0.163 e. The molecular formula is C9H5ClN2OS. The third-order valence-corrected chi connectivity index (χ3v) is 2.60. The summed E-state index contributed by atoms with van der Waals surface area (Å²) in [7, 11) is 0. The van der Waals surface area contributed by atoms with Gasteiger partial charge >= 0.3 is 0 Å². The van der Waals surface area contributed by atoms with Crippen molar-refractivity contribution >= 4 is 29.4 Å². The van der Waals surface area contributed by atoms with Crippen molar-refractivity contribution in [1.29, 1.82) is 0 Å². The van der Waals surface area contributed by atoms with E-state index in [0.29, 0.717) is 15.6 Å². The molecule has 0 bridgehead atoms. The topological polar surface area (TPSA) is 42.9 Å². The lowest BCUT2D eigenvalue weighted by Gasteiger charge is -1.96. The molecule has 0 atom stereocenters. The maximum absolute atomic E-state index is 10.6. The van der Waals surface area contributed by atoms with Gasteiger partial charge in [-0.3, -0.25) is 4.79 Å². The predicted octanol–water partition coefficient (Wildman–Crippen LogP) is 2.67. The van der Waals surface area contributed by atoms with E-state index in [-0.39, 0.29) is 0 Å². The van der Waals surface area contributed by atoms with Crippen LogP contribution in [-0.4, -0.2) is 15.9 Å². The lowest BCUT2D eigenvalue weighted by Crippen LogP contribution is -1.83. The van der Waals surface area contributed by atoms with Crippen molar-refractivity contribution in [2.45, 2.75) is 0 Å². The van der Waals surface area contributed by atoms with E-state index in [9.17, 15) is 4.79 Å². The zero-order valence-electron chi connectivity index (χ0n) is 6.98. The zero-order valence-corrected chi connectivity index (χ0v) is 8.55. The van der Waals surface area contributed by atoms with Crippen LogP contribution in [0.25, 0.3) is 11.3 Å². The molecule has 0 N–H and O–H groups in total. The van der Waals surface area contributed by atoms with E-state index >= 15 is 0 Å². The predicted molar refractivity (Wildman–Crippen MR) is 55.7 cm³/mol. The van der Waals surface area contributed by atoms with Crippen LogP contribution < -0.4 is 0 Å². The molecule has 0 unspecified atom stereocenters. The number of aldehydes is 1. The molecule has 70 valence electrons. The molecule has 0 fully saturated rings. The first kappa shape index (κ1) is 9.30. The molecule has 0 aliphatic rings. The Balaban J connectivity index is 2.54. The third kappa shape index (κ3) is 1.66. The summed E-state index contributed by atoms with van der Waals surface area (Å²) in [6, 6.07) is 7.18. The summed E-state index contributed by atoms with van der Waals surface area (Å²) in [4.78, 5) is 11.2. The fraction of sp³-hybridized carbons (Fsp3) is 0. The Hall–Kier alpha value is -1.26. The third-order valence-electron chi connectivity index (χ3n) is 1.72. The van der Waals surface area contributed by atoms with Crippen molar-refractivity contribution < 1.29 is 4.79 Å². The molecule has 0 amide bonds. The second kappa shape index (κ2) is 3.86. The first-order valence-electron chi connectivity index (χ1n) is 3.85. The summed E-state index contributed by atoms with van der Waals surface area (Å²) in [6.45, 7) is 0. The molecule has 2 rings (SSSR count). The van der Waals surface area contributed by atoms with Crippen LogP contribution in [0.2, 0.25) is 5.02 Å². The minimum atomic E-state index is 0.521. The van der Waals surface area contributed by atoms with E-state index in [2.05, 4.69) is 9.59 Å². The minimum absolute atomic E-state index is 0.521. The number of carbonyl (C=O) groups excluding carboxylic acids is 1. The summed E-state index contributed by atoms with van der Waals surface area (Å²) in [5.74, 6) is 0. The molecule has 3 nitrogen and oxygen atoms in total. The van der Waals surface area contributed by atoms with Crippen molar-refractivity contribution in [2.75, 3.05) is 0 Å². The second-order valence-corrected chi connectivity index (χ2v) is 3.84. The highest BCUT2D eigenvalue weighted by Gasteiger charge is 2.09. The van der Waals surface area contributed by atoms with Crippen LogP contribution >= 0.6 is 23.1 Å². The molecule has 2 aromatic rings. The molecule has 0 spiro atoms. The number of halogens is 1. The normalized spacial score (nSPS) is 10.1. The molecule has 0 radical (unpaired) electrons. The summed E-state index contributed by atoms with van der Waals surface area (Å²) in [5.41, 5.74) is 1.40. The van der Waals surface area contributed by atoms with Gasteiger partial charge in [0.2, 0.25) is 0 Å². The molecule has 14 heavy (non-hydrogen) atoms. The smallest absolute Gasteiger partial charge is 0.163 e. The van der Waals surface area contributed by atoms with Gasteiger partial charge in [-0.1, -0.05) is 28.2 Å². The molecule has 0 saturated carbocycles. The number of carbonyl (C=O) groups is 1. The van der Waals surface area contributed by atoms with Crippen molar-refractivity contribution in [3.8, 4) is 11.3 Å². The molecular weight excluding hydrogens is 220 g/mol. The number of aromatic nitrogens is 2. The Kier molecular flexibility index (Phi) is 2.56. The Bertz CT molecular complexity index is 469. The van der Waals surface area contributed by atoms with E-state index in [1.807, 2.05) is 12.1 Å². The minimum Gasteiger partial charge on any atom is -0.297 e. The largest absolute Gasteiger partial charge is 0.297 e. The number of hydrogen-bond donors (Lipinski definition) is 0.